The first-order chi connectivity index (χ1) is 5.95. The van der Waals surface area contributed by atoms with Crippen LogP contribution >= 0.6 is 28.7 Å². The van der Waals surface area contributed by atoms with Crippen LogP contribution in [0.1, 0.15) is 32.1 Å². The molecule has 13 heavy (non-hydrogen) atoms. The molecule has 1 saturated carbocycles. The smallest absolute Gasteiger partial charge is 0.156 e. The van der Waals surface area contributed by atoms with Gasteiger partial charge in [0.2, 0.25) is 0 Å². The highest BCUT2D eigenvalue weighted by Gasteiger charge is 2.17. The Balaban J connectivity index is 0.000000845. The lowest BCUT2D eigenvalue weighted by molar-refractivity contribution is 0.517. The standard InChI is InChI=1S/C9H16N2S.BrH/c1-2-4-8(5-3-1)12-9-10-6-7-11-9;/h8H,1-7H2,(H,10,11);1H. The monoisotopic (exact) mass is 264 g/mol. The maximum absolute atomic E-state index is 4.40. The van der Waals surface area contributed by atoms with Crippen LogP contribution in [0, 0.1) is 0 Å². The Bertz CT molecular complexity index is 178. The zero-order chi connectivity index (χ0) is 8.23. The molecule has 1 aliphatic heterocycles. The average Bonchev–Trinajstić information content (AvgIpc) is 2.59. The van der Waals surface area contributed by atoms with Gasteiger partial charge in [-0.2, -0.15) is 0 Å². The third-order valence-electron chi connectivity index (χ3n) is 2.47. The summed E-state index contributed by atoms with van der Waals surface area (Å²) in [5.41, 5.74) is 0. The Labute approximate surface area is 94.7 Å². The third kappa shape index (κ3) is 3.50. The fourth-order valence-electron chi connectivity index (χ4n) is 1.80. The summed E-state index contributed by atoms with van der Waals surface area (Å²) in [6.45, 7) is 2.03. The Morgan fingerprint density at radius 1 is 1.23 bits per heavy atom. The van der Waals surface area contributed by atoms with Crippen molar-refractivity contribution in [2.24, 2.45) is 4.99 Å². The summed E-state index contributed by atoms with van der Waals surface area (Å²) < 4.78 is 0. The quantitative estimate of drug-likeness (QED) is 0.788. The van der Waals surface area contributed by atoms with E-state index >= 15 is 0 Å². The molecular weight excluding hydrogens is 248 g/mol. The van der Waals surface area contributed by atoms with E-state index < -0.39 is 0 Å². The van der Waals surface area contributed by atoms with E-state index in [1.54, 1.807) is 0 Å². The van der Waals surface area contributed by atoms with Gasteiger partial charge < -0.3 is 5.32 Å². The van der Waals surface area contributed by atoms with E-state index in [2.05, 4.69) is 10.3 Å². The number of hydrogen-bond donors (Lipinski definition) is 1. The van der Waals surface area contributed by atoms with Crippen LogP contribution in [0.5, 0.6) is 0 Å². The molecule has 2 aliphatic rings. The lowest BCUT2D eigenvalue weighted by Gasteiger charge is -2.20. The molecule has 0 amide bonds. The van der Waals surface area contributed by atoms with E-state index in [-0.39, 0.29) is 17.0 Å². The molecule has 1 aliphatic carbocycles. The van der Waals surface area contributed by atoms with E-state index in [1.165, 1.54) is 37.3 Å². The van der Waals surface area contributed by atoms with Crippen molar-refractivity contribution < 1.29 is 0 Å². The first-order valence-electron chi connectivity index (χ1n) is 4.90. The first kappa shape index (κ1) is 11.4. The lowest BCUT2D eigenvalue weighted by atomic mass is 10.0. The predicted octanol–water partition coefficient (Wildman–Crippen LogP) is 2.59. The van der Waals surface area contributed by atoms with Gasteiger partial charge in [-0.3, -0.25) is 4.99 Å². The van der Waals surface area contributed by atoms with Gasteiger partial charge in [0.05, 0.1) is 6.54 Å². The second-order valence-electron chi connectivity index (χ2n) is 3.49. The third-order valence-corrected chi connectivity index (χ3v) is 3.78. The van der Waals surface area contributed by atoms with E-state index in [9.17, 15) is 0 Å². The normalized spacial score (nSPS) is 23.2. The van der Waals surface area contributed by atoms with Crippen LogP contribution in [-0.4, -0.2) is 23.5 Å². The SMILES string of the molecule is Br.C1CCC(SC2=NCCN2)CC1. The van der Waals surface area contributed by atoms with Gasteiger partial charge in [0.15, 0.2) is 5.17 Å². The van der Waals surface area contributed by atoms with Gasteiger partial charge in [-0.15, -0.1) is 17.0 Å². The molecular formula is C9H17BrN2S. The summed E-state index contributed by atoms with van der Waals surface area (Å²) in [6.07, 6.45) is 7.07. The van der Waals surface area contributed by atoms with Crippen LogP contribution in [0.2, 0.25) is 0 Å². The summed E-state index contributed by atoms with van der Waals surface area (Å²) in [6, 6.07) is 0. The number of nitrogens with one attached hydrogen (secondary N) is 1. The van der Waals surface area contributed by atoms with E-state index in [0.29, 0.717) is 0 Å². The topological polar surface area (TPSA) is 24.4 Å². The van der Waals surface area contributed by atoms with Crippen molar-refractivity contribution >= 4 is 33.9 Å². The number of hydrogen-bond acceptors (Lipinski definition) is 3. The minimum absolute atomic E-state index is 0. The number of amidine groups is 1. The van der Waals surface area contributed by atoms with Crippen molar-refractivity contribution in [3.8, 4) is 0 Å². The van der Waals surface area contributed by atoms with Crippen molar-refractivity contribution in [2.45, 2.75) is 37.4 Å². The Morgan fingerprint density at radius 2 is 2.00 bits per heavy atom. The van der Waals surface area contributed by atoms with Gasteiger partial charge in [-0.1, -0.05) is 31.0 Å². The molecule has 0 bridgehead atoms. The van der Waals surface area contributed by atoms with Crippen LogP contribution in [0.4, 0.5) is 0 Å². The van der Waals surface area contributed by atoms with Crippen LogP contribution < -0.4 is 5.32 Å². The lowest BCUT2D eigenvalue weighted by Crippen LogP contribution is -2.19. The Morgan fingerprint density at radius 3 is 2.62 bits per heavy atom. The van der Waals surface area contributed by atoms with Crippen molar-refractivity contribution in [2.75, 3.05) is 13.1 Å². The molecule has 2 nitrogen and oxygen atoms in total. The molecule has 0 aromatic carbocycles. The summed E-state index contributed by atoms with van der Waals surface area (Å²) in [4.78, 5) is 4.40. The zero-order valence-electron chi connectivity index (χ0n) is 7.79. The van der Waals surface area contributed by atoms with Crippen LogP contribution in [0.25, 0.3) is 0 Å². The minimum atomic E-state index is 0. The molecule has 0 spiro atoms. The average molecular weight is 265 g/mol. The molecule has 0 unspecified atom stereocenters. The van der Waals surface area contributed by atoms with Crippen molar-refractivity contribution in [3.05, 3.63) is 0 Å². The van der Waals surface area contributed by atoms with Crippen molar-refractivity contribution in [1.82, 2.24) is 5.32 Å². The highest BCUT2D eigenvalue weighted by molar-refractivity contribution is 8.93. The summed E-state index contributed by atoms with van der Waals surface area (Å²) in [5.74, 6) is 0. The van der Waals surface area contributed by atoms with Crippen molar-refractivity contribution in [1.29, 1.82) is 0 Å². The van der Waals surface area contributed by atoms with Gasteiger partial charge in [-0.25, -0.2) is 0 Å². The largest absolute Gasteiger partial charge is 0.363 e. The van der Waals surface area contributed by atoms with Crippen LogP contribution in [0.3, 0.4) is 0 Å². The fraction of sp³-hybridized carbons (Fsp3) is 0.889. The molecule has 1 N–H and O–H groups in total. The zero-order valence-corrected chi connectivity index (χ0v) is 10.3. The Kier molecular flexibility index (Phi) is 5.17. The van der Waals surface area contributed by atoms with Gasteiger partial charge in [0.1, 0.15) is 0 Å². The number of halogens is 1. The first-order valence-corrected chi connectivity index (χ1v) is 5.78. The molecule has 0 aromatic heterocycles. The fourth-order valence-corrected chi connectivity index (χ4v) is 3.03. The second kappa shape index (κ2) is 5.91. The molecule has 4 heteroatoms. The molecule has 1 fully saturated rings. The molecule has 1 heterocycles. The summed E-state index contributed by atoms with van der Waals surface area (Å²) in [7, 11) is 0. The molecule has 76 valence electrons. The maximum Gasteiger partial charge on any atom is 0.156 e. The second-order valence-corrected chi connectivity index (χ2v) is 4.78. The minimum Gasteiger partial charge on any atom is -0.363 e. The highest BCUT2D eigenvalue weighted by Crippen LogP contribution is 2.28. The molecule has 0 atom stereocenters. The van der Waals surface area contributed by atoms with Crippen LogP contribution in [0.15, 0.2) is 4.99 Å². The predicted molar refractivity (Wildman–Crippen MR) is 65.1 cm³/mol. The van der Waals surface area contributed by atoms with E-state index in [1.807, 2.05) is 11.8 Å². The van der Waals surface area contributed by atoms with Gasteiger partial charge in [0.25, 0.3) is 0 Å². The number of aliphatic imine (C=N–C) groups is 1. The highest BCUT2D eigenvalue weighted by atomic mass is 79.9. The number of nitrogens with zero attached hydrogens (tertiary/aromatic N) is 1. The van der Waals surface area contributed by atoms with Crippen LogP contribution in [-0.2, 0) is 0 Å². The molecule has 2 rings (SSSR count). The molecule has 0 radical (unpaired) electrons. The molecule has 0 saturated heterocycles. The summed E-state index contributed by atoms with van der Waals surface area (Å²) in [5, 5.41) is 5.36. The Hall–Kier alpha value is 0.300. The molecule has 0 aromatic rings. The van der Waals surface area contributed by atoms with E-state index in [4.69, 9.17) is 0 Å². The number of rotatable bonds is 1. The van der Waals surface area contributed by atoms with Gasteiger partial charge >= 0.3 is 0 Å². The maximum atomic E-state index is 4.40. The van der Waals surface area contributed by atoms with E-state index in [0.717, 1.165) is 18.3 Å². The summed E-state index contributed by atoms with van der Waals surface area (Å²) >= 11 is 1.97. The number of thioether (sulfide) groups is 1. The van der Waals surface area contributed by atoms with Gasteiger partial charge in [-0.05, 0) is 12.8 Å². The van der Waals surface area contributed by atoms with Crippen molar-refractivity contribution in [3.63, 3.8) is 0 Å². The van der Waals surface area contributed by atoms with Gasteiger partial charge in [0, 0.05) is 11.8 Å².